The number of hydrogen-bond acceptors (Lipinski definition) is 1. The lowest BCUT2D eigenvalue weighted by molar-refractivity contribution is 0.445. The molecule has 0 aliphatic rings. The fourth-order valence-corrected chi connectivity index (χ4v) is 4.28. The van der Waals surface area contributed by atoms with Crippen molar-refractivity contribution in [1.29, 1.82) is 0 Å². The Morgan fingerprint density at radius 2 is 1.21 bits per heavy atom. The molecule has 0 spiro atoms. The Kier molecular flexibility index (Phi) is 6.00. The van der Waals surface area contributed by atoms with Gasteiger partial charge in [-0.2, -0.15) is 0 Å². The first-order valence-electron chi connectivity index (χ1n) is 9.82. The topological polar surface area (TPSA) is 20.2 Å². The Labute approximate surface area is 177 Å². The summed E-state index contributed by atoms with van der Waals surface area (Å²) in [5, 5.41) is 12.0. The van der Waals surface area contributed by atoms with E-state index in [9.17, 15) is 5.11 Å². The van der Waals surface area contributed by atoms with Crippen molar-refractivity contribution in [3.8, 4) is 5.75 Å². The minimum absolute atomic E-state index is 0.155. The van der Waals surface area contributed by atoms with Crippen molar-refractivity contribution in [3.63, 3.8) is 0 Å². The molecular weight excluding hydrogens is 408 g/mol. The van der Waals surface area contributed by atoms with E-state index in [4.69, 9.17) is 0 Å². The van der Waals surface area contributed by atoms with Crippen molar-refractivity contribution >= 4 is 15.9 Å². The van der Waals surface area contributed by atoms with E-state index in [0.29, 0.717) is 5.75 Å². The fourth-order valence-electron chi connectivity index (χ4n) is 3.86. The molecule has 0 saturated heterocycles. The van der Waals surface area contributed by atoms with Crippen LogP contribution in [0.2, 0.25) is 0 Å². The maximum absolute atomic E-state index is 11.2. The van der Waals surface area contributed by atoms with Gasteiger partial charge in [-0.15, -0.1) is 0 Å². The molecule has 3 aromatic carbocycles. The van der Waals surface area contributed by atoms with E-state index < -0.39 is 0 Å². The van der Waals surface area contributed by atoms with E-state index in [1.807, 2.05) is 6.07 Å². The molecule has 0 aromatic heterocycles. The number of halogens is 1. The minimum Gasteiger partial charge on any atom is -0.507 e. The number of phenols is 1. The predicted octanol–water partition coefficient (Wildman–Crippen LogP) is 6.98. The summed E-state index contributed by atoms with van der Waals surface area (Å²) in [6, 6.07) is 25.4. The lowest BCUT2D eigenvalue weighted by Gasteiger charge is -2.32. The summed E-state index contributed by atoms with van der Waals surface area (Å²) in [6.45, 7) is 8.89. The van der Waals surface area contributed by atoms with Gasteiger partial charge in [-0.25, -0.2) is 0 Å². The third-order valence-electron chi connectivity index (χ3n) is 5.94. The zero-order valence-corrected chi connectivity index (χ0v) is 18.8. The predicted molar refractivity (Wildman–Crippen MR) is 123 cm³/mol. The van der Waals surface area contributed by atoms with E-state index in [1.165, 1.54) is 16.7 Å². The summed E-state index contributed by atoms with van der Waals surface area (Å²) >= 11 is 3.55. The van der Waals surface area contributed by atoms with Crippen LogP contribution in [0, 0.1) is 0 Å². The SMILES string of the molecule is CC(C)(c1ccccc1)c1cc(CCBr)c(O)c(C(C)(C)c2ccccc2)c1. The third kappa shape index (κ3) is 3.89. The zero-order chi connectivity index (χ0) is 20.4. The Bertz CT molecular complexity index is 927. The van der Waals surface area contributed by atoms with Crippen LogP contribution in [0.25, 0.3) is 0 Å². The van der Waals surface area contributed by atoms with Gasteiger partial charge in [0.1, 0.15) is 5.75 Å². The van der Waals surface area contributed by atoms with Gasteiger partial charge in [0.25, 0.3) is 0 Å². The monoisotopic (exact) mass is 436 g/mol. The molecule has 28 heavy (non-hydrogen) atoms. The van der Waals surface area contributed by atoms with Gasteiger partial charge in [-0.3, -0.25) is 0 Å². The van der Waals surface area contributed by atoms with Gasteiger partial charge in [-0.1, -0.05) is 116 Å². The van der Waals surface area contributed by atoms with Gasteiger partial charge >= 0.3 is 0 Å². The van der Waals surface area contributed by atoms with Crippen LogP contribution in [-0.2, 0) is 17.3 Å². The standard InChI is InChI=1S/C26H29BrO/c1-25(2,20-11-7-5-8-12-20)22-17-19(15-16-27)24(28)23(18-22)26(3,4)21-13-9-6-10-14-21/h5-14,17-18,28H,15-16H2,1-4H3. The zero-order valence-electron chi connectivity index (χ0n) is 17.2. The van der Waals surface area contributed by atoms with Crippen molar-refractivity contribution in [2.24, 2.45) is 0 Å². The van der Waals surface area contributed by atoms with Gasteiger partial charge in [0.15, 0.2) is 0 Å². The van der Waals surface area contributed by atoms with E-state index in [-0.39, 0.29) is 10.8 Å². The average Bonchev–Trinajstić information content (AvgIpc) is 2.70. The molecule has 0 amide bonds. The van der Waals surface area contributed by atoms with Gasteiger partial charge in [0, 0.05) is 21.7 Å². The van der Waals surface area contributed by atoms with Crippen molar-refractivity contribution in [3.05, 3.63) is 101 Å². The Balaban J connectivity index is 2.21. The molecule has 0 unspecified atom stereocenters. The number of benzene rings is 3. The number of aromatic hydroxyl groups is 1. The molecule has 146 valence electrons. The lowest BCUT2D eigenvalue weighted by atomic mass is 9.72. The van der Waals surface area contributed by atoms with E-state index in [1.54, 1.807) is 0 Å². The summed E-state index contributed by atoms with van der Waals surface area (Å²) < 4.78 is 0. The van der Waals surface area contributed by atoms with E-state index >= 15 is 0 Å². The normalized spacial score (nSPS) is 12.2. The van der Waals surface area contributed by atoms with Crippen LogP contribution in [0.4, 0.5) is 0 Å². The van der Waals surface area contributed by atoms with E-state index in [0.717, 1.165) is 22.9 Å². The molecule has 2 heteroatoms. The number of alkyl halides is 1. The van der Waals surface area contributed by atoms with Crippen LogP contribution < -0.4 is 0 Å². The van der Waals surface area contributed by atoms with Crippen LogP contribution in [0.3, 0.4) is 0 Å². The molecular formula is C26H29BrO. The van der Waals surface area contributed by atoms with Gasteiger partial charge < -0.3 is 5.11 Å². The summed E-state index contributed by atoms with van der Waals surface area (Å²) in [5.74, 6) is 0.418. The minimum atomic E-state index is -0.296. The molecule has 0 saturated carbocycles. The Morgan fingerprint density at radius 1 is 0.714 bits per heavy atom. The van der Waals surface area contributed by atoms with E-state index in [2.05, 4.69) is 110 Å². The largest absolute Gasteiger partial charge is 0.507 e. The average molecular weight is 437 g/mol. The first-order chi connectivity index (χ1) is 13.3. The molecule has 0 radical (unpaired) electrons. The molecule has 0 aliphatic heterocycles. The van der Waals surface area contributed by atoms with Crippen molar-refractivity contribution in [1.82, 2.24) is 0 Å². The first kappa shape index (κ1) is 20.7. The fraction of sp³-hybridized carbons (Fsp3) is 0.308. The van der Waals surface area contributed by atoms with Crippen LogP contribution in [0.1, 0.15) is 55.5 Å². The second-order valence-corrected chi connectivity index (χ2v) is 9.25. The Morgan fingerprint density at radius 3 is 1.71 bits per heavy atom. The molecule has 3 aromatic rings. The number of phenolic OH excluding ortho intramolecular Hbond substituents is 1. The Hall–Kier alpha value is -2.06. The second kappa shape index (κ2) is 8.13. The molecule has 1 N–H and O–H groups in total. The second-order valence-electron chi connectivity index (χ2n) is 8.45. The summed E-state index contributed by atoms with van der Waals surface area (Å²) in [4.78, 5) is 0. The highest BCUT2D eigenvalue weighted by atomic mass is 79.9. The number of aryl methyl sites for hydroxylation is 1. The molecule has 0 atom stereocenters. The maximum Gasteiger partial charge on any atom is 0.122 e. The summed E-state index contributed by atoms with van der Waals surface area (Å²) in [6.07, 6.45) is 0.794. The van der Waals surface area contributed by atoms with Crippen molar-refractivity contribution < 1.29 is 5.11 Å². The molecule has 0 bridgehead atoms. The smallest absolute Gasteiger partial charge is 0.122 e. The molecule has 1 nitrogen and oxygen atoms in total. The lowest BCUT2D eigenvalue weighted by Crippen LogP contribution is -2.24. The van der Waals surface area contributed by atoms with Crippen LogP contribution in [0.15, 0.2) is 72.8 Å². The highest BCUT2D eigenvalue weighted by molar-refractivity contribution is 9.09. The van der Waals surface area contributed by atoms with Gasteiger partial charge in [0.05, 0.1) is 0 Å². The summed E-state index contributed by atoms with van der Waals surface area (Å²) in [7, 11) is 0. The maximum atomic E-state index is 11.2. The number of rotatable bonds is 6. The van der Waals surface area contributed by atoms with Gasteiger partial charge in [0.2, 0.25) is 0 Å². The first-order valence-corrected chi connectivity index (χ1v) is 10.9. The van der Waals surface area contributed by atoms with Crippen molar-refractivity contribution in [2.45, 2.75) is 44.9 Å². The van der Waals surface area contributed by atoms with Crippen LogP contribution in [0.5, 0.6) is 5.75 Å². The molecule has 0 aliphatic carbocycles. The molecule has 0 heterocycles. The molecule has 0 fully saturated rings. The highest BCUT2D eigenvalue weighted by Gasteiger charge is 2.31. The molecule has 3 rings (SSSR count). The van der Waals surface area contributed by atoms with Crippen LogP contribution in [-0.4, -0.2) is 10.4 Å². The van der Waals surface area contributed by atoms with Crippen LogP contribution >= 0.6 is 15.9 Å². The van der Waals surface area contributed by atoms with Crippen molar-refractivity contribution in [2.75, 3.05) is 5.33 Å². The highest BCUT2D eigenvalue weighted by Crippen LogP contribution is 2.43. The quantitative estimate of drug-likeness (QED) is 0.413. The number of hydrogen-bond donors (Lipinski definition) is 1. The van der Waals surface area contributed by atoms with Gasteiger partial charge in [-0.05, 0) is 28.7 Å². The summed E-state index contributed by atoms with van der Waals surface area (Å²) in [5.41, 5.74) is 5.23. The third-order valence-corrected chi connectivity index (χ3v) is 6.34.